The van der Waals surface area contributed by atoms with Gasteiger partial charge in [-0.1, -0.05) is 11.3 Å². The standard InChI is InChI=1S/C19H20N6OS/c1-23-10-14(9-20-23)11-24-6-7-26-17(13-24)19-16-5-4-15(12-25(16)22-21-19)18-3-2-8-27-18/h2-5,8-10,12,17H,6-7,11,13H2,1H3/t17-/m0/s1. The van der Waals surface area contributed by atoms with Crippen LogP contribution >= 0.6 is 11.3 Å². The first kappa shape index (κ1) is 16.6. The molecule has 1 fully saturated rings. The minimum atomic E-state index is -0.0690. The number of ether oxygens (including phenoxy) is 1. The number of morpholine rings is 1. The van der Waals surface area contributed by atoms with Crippen molar-refractivity contribution in [2.75, 3.05) is 19.7 Å². The molecule has 0 saturated carbocycles. The summed E-state index contributed by atoms with van der Waals surface area (Å²) in [6, 6.07) is 8.39. The third-order valence-electron chi connectivity index (χ3n) is 4.87. The number of nitrogens with zero attached hydrogens (tertiary/aromatic N) is 6. The SMILES string of the molecule is Cn1cc(CN2CCO[C@H](c3nnn4cc(-c5cccs5)ccc34)C2)cn1. The Morgan fingerprint density at radius 1 is 1.26 bits per heavy atom. The van der Waals surface area contributed by atoms with Crippen LogP contribution in [0.1, 0.15) is 17.4 Å². The van der Waals surface area contributed by atoms with Crippen molar-refractivity contribution >= 4 is 16.9 Å². The van der Waals surface area contributed by atoms with Crippen molar-refractivity contribution in [1.82, 2.24) is 29.5 Å². The lowest BCUT2D eigenvalue weighted by Crippen LogP contribution is -2.38. The number of fused-ring (bicyclic) bond motifs is 1. The van der Waals surface area contributed by atoms with Crippen molar-refractivity contribution in [2.24, 2.45) is 7.05 Å². The average molecular weight is 380 g/mol. The number of pyridine rings is 1. The molecule has 1 aliphatic rings. The van der Waals surface area contributed by atoms with E-state index in [0.717, 1.165) is 36.4 Å². The molecule has 8 heteroatoms. The molecule has 138 valence electrons. The van der Waals surface area contributed by atoms with Crippen LogP contribution in [0.2, 0.25) is 0 Å². The fourth-order valence-corrected chi connectivity index (χ4v) is 4.27. The van der Waals surface area contributed by atoms with Gasteiger partial charge in [-0.15, -0.1) is 16.4 Å². The zero-order valence-electron chi connectivity index (χ0n) is 15.0. The molecular formula is C19H20N6OS. The van der Waals surface area contributed by atoms with E-state index in [0.29, 0.717) is 6.61 Å². The van der Waals surface area contributed by atoms with Crippen molar-refractivity contribution in [2.45, 2.75) is 12.6 Å². The first-order valence-corrected chi connectivity index (χ1v) is 9.84. The number of hydrogen-bond donors (Lipinski definition) is 0. The van der Waals surface area contributed by atoms with Gasteiger partial charge in [0.1, 0.15) is 11.8 Å². The predicted molar refractivity (Wildman–Crippen MR) is 103 cm³/mol. The van der Waals surface area contributed by atoms with Gasteiger partial charge in [0, 0.05) is 55.1 Å². The molecule has 5 heterocycles. The number of aryl methyl sites for hydroxylation is 1. The van der Waals surface area contributed by atoms with E-state index in [1.165, 1.54) is 10.4 Å². The molecule has 0 N–H and O–H groups in total. The van der Waals surface area contributed by atoms with E-state index < -0.39 is 0 Å². The summed E-state index contributed by atoms with van der Waals surface area (Å²) in [4.78, 5) is 3.61. The van der Waals surface area contributed by atoms with E-state index in [1.54, 1.807) is 11.3 Å². The normalized spacial score (nSPS) is 18.3. The molecule has 1 saturated heterocycles. The van der Waals surface area contributed by atoms with Gasteiger partial charge < -0.3 is 4.74 Å². The van der Waals surface area contributed by atoms with Crippen molar-refractivity contribution in [3.63, 3.8) is 0 Å². The van der Waals surface area contributed by atoms with Gasteiger partial charge in [-0.3, -0.25) is 9.58 Å². The van der Waals surface area contributed by atoms with Crippen LogP contribution in [0.3, 0.4) is 0 Å². The molecule has 0 unspecified atom stereocenters. The van der Waals surface area contributed by atoms with E-state index in [-0.39, 0.29) is 6.10 Å². The summed E-state index contributed by atoms with van der Waals surface area (Å²) < 4.78 is 9.72. The topological polar surface area (TPSA) is 60.5 Å². The lowest BCUT2D eigenvalue weighted by Gasteiger charge is -2.31. The van der Waals surface area contributed by atoms with Gasteiger partial charge in [0.2, 0.25) is 0 Å². The molecule has 7 nitrogen and oxygen atoms in total. The molecule has 5 rings (SSSR count). The molecule has 0 aromatic carbocycles. The van der Waals surface area contributed by atoms with Gasteiger partial charge in [0.25, 0.3) is 0 Å². The zero-order valence-corrected chi connectivity index (χ0v) is 15.8. The van der Waals surface area contributed by atoms with E-state index in [4.69, 9.17) is 4.74 Å². The van der Waals surface area contributed by atoms with Crippen molar-refractivity contribution in [3.8, 4) is 10.4 Å². The Labute approximate surface area is 160 Å². The molecule has 0 bridgehead atoms. The Hall–Kier alpha value is -2.55. The maximum Gasteiger partial charge on any atom is 0.121 e. The molecule has 1 atom stereocenters. The highest BCUT2D eigenvalue weighted by atomic mass is 32.1. The van der Waals surface area contributed by atoms with Crippen LogP contribution in [0.15, 0.2) is 48.2 Å². The summed E-state index contributed by atoms with van der Waals surface area (Å²) >= 11 is 1.72. The molecule has 4 aromatic rings. The summed E-state index contributed by atoms with van der Waals surface area (Å²) in [7, 11) is 1.94. The minimum Gasteiger partial charge on any atom is -0.369 e. The summed E-state index contributed by atoms with van der Waals surface area (Å²) in [5.74, 6) is 0. The van der Waals surface area contributed by atoms with E-state index in [2.05, 4.69) is 56.2 Å². The Morgan fingerprint density at radius 2 is 2.22 bits per heavy atom. The van der Waals surface area contributed by atoms with Crippen LogP contribution in [0.4, 0.5) is 0 Å². The average Bonchev–Trinajstić information content (AvgIpc) is 3.42. The van der Waals surface area contributed by atoms with Crippen LogP contribution < -0.4 is 0 Å². The molecule has 0 amide bonds. The van der Waals surface area contributed by atoms with Crippen molar-refractivity contribution < 1.29 is 4.74 Å². The first-order chi connectivity index (χ1) is 13.3. The first-order valence-electron chi connectivity index (χ1n) is 8.96. The molecule has 0 radical (unpaired) electrons. The fourth-order valence-electron chi connectivity index (χ4n) is 3.55. The van der Waals surface area contributed by atoms with Gasteiger partial charge in [0.15, 0.2) is 0 Å². The van der Waals surface area contributed by atoms with E-state index >= 15 is 0 Å². The second kappa shape index (κ2) is 6.88. The number of aromatic nitrogens is 5. The van der Waals surface area contributed by atoms with Crippen LogP contribution in [0.5, 0.6) is 0 Å². The number of hydrogen-bond acceptors (Lipinski definition) is 6. The highest BCUT2D eigenvalue weighted by molar-refractivity contribution is 7.13. The highest BCUT2D eigenvalue weighted by Gasteiger charge is 2.26. The summed E-state index contributed by atoms with van der Waals surface area (Å²) in [5, 5.41) is 15.1. The van der Waals surface area contributed by atoms with Crippen LogP contribution in [0.25, 0.3) is 16.0 Å². The zero-order chi connectivity index (χ0) is 18.2. The lowest BCUT2D eigenvalue weighted by molar-refractivity contribution is -0.0343. The molecule has 0 aliphatic carbocycles. The third kappa shape index (κ3) is 3.27. The lowest BCUT2D eigenvalue weighted by atomic mass is 10.1. The smallest absolute Gasteiger partial charge is 0.121 e. The monoisotopic (exact) mass is 380 g/mol. The van der Waals surface area contributed by atoms with Gasteiger partial charge in [-0.05, 0) is 23.6 Å². The third-order valence-corrected chi connectivity index (χ3v) is 5.78. The van der Waals surface area contributed by atoms with Gasteiger partial charge in [-0.2, -0.15) is 5.10 Å². The van der Waals surface area contributed by atoms with E-state index in [1.807, 2.05) is 28.6 Å². The second-order valence-electron chi connectivity index (χ2n) is 6.82. The molecule has 1 aliphatic heterocycles. The quantitative estimate of drug-likeness (QED) is 0.545. The minimum absolute atomic E-state index is 0.0690. The maximum absolute atomic E-state index is 6.03. The van der Waals surface area contributed by atoms with Crippen molar-refractivity contribution in [3.05, 3.63) is 59.5 Å². The number of rotatable bonds is 4. The fraction of sp³-hybridized carbons (Fsp3) is 0.316. The number of thiophene rings is 1. The molecule has 0 spiro atoms. The van der Waals surface area contributed by atoms with Crippen LogP contribution in [0, 0.1) is 0 Å². The highest BCUT2D eigenvalue weighted by Crippen LogP contribution is 2.28. The Morgan fingerprint density at radius 3 is 3.04 bits per heavy atom. The Bertz CT molecular complexity index is 1050. The Kier molecular flexibility index (Phi) is 4.23. The Balaban J connectivity index is 1.38. The van der Waals surface area contributed by atoms with Crippen molar-refractivity contribution in [1.29, 1.82) is 0 Å². The second-order valence-corrected chi connectivity index (χ2v) is 7.76. The largest absolute Gasteiger partial charge is 0.369 e. The van der Waals surface area contributed by atoms with E-state index in [9.17, 15) is 0 Å². The van der Waals surface area contributed by atoms with Crippen LogP contribution in [-0.4, -0.2) is 49.2 Å². The molecule has 27 heavy (non-hydrogen) atoms. The maximum atomic E-state index is 6.03. The van der Waals surface area contributed by atoms with Crippen LogP contribution in [-0.2, 0) is 18.3 Å². The van der Waals surface area contributed by atoms with Gasteiger partial charge in [0.05, 0.1) is 18.3 Å². The summed E-state index contributed by atoms with van der Waals surface area (Å²) in [5.41, 5.74) is 4.27. The summed E-state index contributed by atoms with van der Waals surface area (Å²) in [6.45, 7) is 3.27. The molecular weight excluding hydrogens is 360 g/mol. The predicted octanol–water partition coefficient (Wildman–Crippen LogP) is 2.76. The van der Waals surface area contributed by atoms with Gasteiger partial charge >= 0.3 is 0 Å². The molecule has 4 aromatic heterocycles. The van der Waals surface area contributed by atoms with Gasteiger partial charge in [-0.25, -0.2) is 4.52 Å². The summed E-state index contributed by atoms with van der Waals surface area (Å²) in [6.07, 6.45) is 5.95.